The Labute approximate surface area is 170 Å². The number of unbranched alkanes of at least 4 members (excludes halogenated alkanes) is 1. The van der Waals surface area contributed by atoms with E-state index in [1.165, 1.54) is 27.9 Å². The van der Waals surface area contributed by atoms with Crippen LogP contribution in [-0.4, -0.2) is 21.0 Å². The van der Waals surface area contributed by atoms with Crippen molar-refractivity contribution in [3.8, 4) is 34.3 Å². The molecule has 0 N–H and O–H groups in total. The van der Waals surface area contributed by atoms with Crippen LogP contribution in [0.25, 0.3) is 22.0 Å². The topological polar surface area (TPSA) is 40.8 Å². The van der Waals surface area contributed by atoms with Crippen molar-refractivity contribution in [3.05, 3.63) is 41.6 Å². The summed E-state index contributed by atoms with van der Waals surface area (Å²) in [5.41, 5.74) is 5.10. The van der Waals surface area contributed by atoms with Gasteiger partial charge in [0.15, 0.2) is 35.2 Å². The van der Waals surface area contributed by atoms with Crippen molar-refractivity contribution in [2.75, 3.05) is 21.0 Å². The second-order valence-electron chi connectivity index (χ2n) is 7.61. The number of fused-ring (bicyclic) bond motifs is 5. The number of hydrogen-bond donors (Lipinski definition) is 0. The Hall–Kier alpha value is -2.95. The minimum absolute atomic E-state index is 0.300. The lowest BCUT2D eigenvalue weighted by atomic mass is 9.93. The van der Waals surface area contributed by atoms with Crippen molar-refractivity contribution in [2.45, 2.75) is 39.2 Å². The lowest BCUT2D eigenvalue weighted by molar-refractivity contribution is -0.693. The molecule has 1 aromatic heterocycles. The Morgan fingerprint density at radius 3 is 2.62 bits per heavy atom. The van der Waals surface area contributed by atoms with Gasteiger partial charge in [0, 0.05) is 18.9 Å². The largest absolute Gasteiger partial charge is 0.493 e. The summed E-state index contributed by atoms with van der Waals surface area (Å²) >= 11 is 0. The van der Waals surface area contributed by atoms with Crippen LogP contribution in [0.5, 0.6) is 23.0 Å². The molecular weight excluding hydrogens is 366 g/mol. The van der Waals surface area contributed by atoms with Crippen molar-refractivity contribution in [1.29, 1.82) is 0 Å². The van der Waals surface area contributed by atoms with Crippen LogP contribution in [0.2, 0.25) is 0 Å². The highest BCUT2D eigenvalue weighted by atomic mass is 16.7. The molecule has 3 heterocycles. The van der Waals surface area contributed by atoms with E-state index in [1.54, 1.807) is 14.2 Å². The van der Waals surface area contributed by atoms with Gasteiger partial charge in [-0.05, 0) is 41.6 Å². The predicted molar refractivity (Wildman–Crippen MR) is 111 cm³/mol. The maximum absolute atomic E-state index is 5.82. The fourth-order valence-electron chi connectivity index (χ4n) is 4.61. The zero-order valence-corrected chi connectivity index (χ0v) is 17.2. The molecule has 29 heavy (non-hydrogen) atoms. The highest BCUT2D eigenvalue weighted by molar-refractivity contribution is 5.94. The molecule has 0 unspecified atom stereocenters. The van der Waals surface area contributed by atoms with E-state index < -0.39 is 0 Å². The molecule has 3 aromatic rings. The summed E-state index contributed by atoms with van der Waals surface area (Å²) in [4.78, 5) is 0. The van der Waals surface area contributed by atoms with Crippen molar-refractivity contribution in [3.63, 3.8) is 0 Å². The molecule has 0 spiro atoms. The number of pyridine rings is 1. The van der Waals surface area contributed by atoms with Gasteiger partial charge in [-0.2, -0.15) is 4.57 Å². The molecule has 0 saturated carbocycles. The molecule has 0 aliphatic carbocycles. The predicted octanol–water partition coefficient (Wildman–Crippen LogP) is 4.44. The Morgan fingerprint density at radius 2 is 1.86 bits per heavy atom. The van der Waals surface area contributed by atoms with Crippen molar-refractivity contribution < 1.29 is 23.5 Å². The van der Waals surface area contributed by atoms with Gasteiger partial charge in [0.1, 0.15) is 0 Å². The molecule has 0 amide bonds. The maximum Gasteiger partial charge on any atom is 0.231 e. The third-order valence-electron chi connectivity index (χ3n) is 6.02. The first kappa shape index (κ1) is 18.1. The third kappa shape index (κ3) is 2.79. The van der Waals surface area contributed by atoms with Crippen LogP contribution in [0.15, 0.2) is 30.3 Å². The first-order valence-corrected chi connectivity index (χ1v) is 10.3. The van der Waals surface area contributed by atoms with Gasteiger partial charge in [0.25, 0.3) is 0 Å². The molecule has 2 aromatic carbocycles. The second kappa shape index (κ2) is 7.14. The highest BCUT2D eigenvalue weighted by Gasteiger charge is 2.32. The van der Waals surface area contributed by atoms with Crippen LogP contribution in [0.3, 0.4) is 0 Å². The maximum atomic E-state index is 5.82. The lowest BCUT2D eigenvalue weighted by Crippen LogP contribution is -2.44. The van der Waals surface area contributed by atoms with E-state index in [2.05, 4.69) is 35.8 Å². The van der Waals surface area contributed by atoms with E-state index in [9.17, 15) is 0 Å². The molecule has 0 bridgehead atoms. The van der Waals surface area contributed by atoms with Crippen molar-refractivity contribution in [2.24, 2.45) is 0 Å². The zero-order chi connectivity index (χ0) is 20.0. The van der Waals surface area contributed by atoms with Crippen LogP contribution < -0.4 is 23.5 Å². The van der Waals surface area contributed by atoms with Gasteiger partial charge in [0.05, 0.1) is 25.2 Å². The van der Waals surface area contributed by atoms with E-state index in [4.69, 9.17) is 18.9 Å². The van der Waals surface area contributed by atoms with Gasteiger partial charge < -0.3 is 18.9 Å². The Bertz CT molecular complexity index is 1110. The van der Waals surface area contributed by atoms with E-state index in [-0.39, 0.29) is 0 Å². The number of hydrogen-bond acceptors (Lipinski definition) is 4. The summed E-state index contributed by atoms with van der Waals surface area (Å²) < 4.78 is 25.1. The highest BCUT2D eigenvalue weighted by Crippen LogP contribution is 2.42. The van der Waals surface area contributed by atoms with Gasteiger partial charge in [-0.1, -0.05) is 13.3 Å². The summed E-state index contributed by atoms with van der Waals surface area (Å²) in [5, 5.41) is 2.33. The van der Waals surface area contributed by atoms with Gasteiger partial charge in [-0.15, -0.1) is 0 Å². The molecule has 2 aliphatic heterocycles. The SMILES string of the molecule is CCCCc1c2c(OC)c(OC)ccc2cc2[n+]1CCc1cc3c(cc1-2)OCO3. The summed E-state index contributed by atoms with van der Waals surface area (Å²) in [5.74, 6) is 3.29. The van der Waals surface area contributed by atoms with Crippen LogP contribution in [0.1, 0.15) is 31.0 Å². The summed E-state index contributed by atoms with van der Waals surface area (Å²) in [6, 6.07) is 10.7. The van der Waals surface area contributed by atoms with Gasteiger partial charge in [-0.25, -0.2) is 0 Å². The fourth-order valence-corrected chi connectivity index (χ4v) is 4.61. The molecular formula is C24H26NO4+. The van der Waals surface area contributed by atoms with Gasteiger partial charge >= 0.3 is 0 Å². The first-order valence-electron chi connectivity index (χ1n) is 10.3. The molecule has 0 saturated heterocycles. The normalized spacial score (nSPS) is 13.9. The summed E-state index contributed by atoms with van der Waals surface area (Å²) in [7, 11) is 3.42. The molecule has 0 fully saturated rings. The third-order valence-corrected chi connectivity index (χ3v) is 6.02. The van der Waals surface area contributed by atoms with Crippen LogP contribution in [0.4, 0.5) is 0 Å². The van der Waals surface area contributed by atoms with Gasteiger partial charge in [-0.3, -0.25) is 0 Å². The Balaban J connectivity index is 1.80. The minimum atomic E-state index is 0.300. The molecule has 0 radical (unpaired) electrons. The number of benzene rings is 2. The molecule has 5 nitrogen and oxygen atoms in total. The average Bonchev–Trinajstić information content (AvgIpc) is 3.21. The first-order chi connectivity index (χ1) is 14.2. The van der Waals surface area contributed by atoms with E-state index in [1.807, 2.05) is 6.07 Å². The number of aromatic nitrogens is 1. The number of methoxy groups -OCH3 is 2. The number of nitrogens with zero attached hydrogens (tertiary/aromatic N) is 1. The standard InChI is InChI=1S/C24H26NO4/c1-4-5-6-18-23-16(7-8-20(26-2)24(23)27-3)11-19-17-13-22-21(28-14-29-22)12-15(17)9-10-25(18)19/h7-8,11-13H,4-6,9-10,14H2,1-3H3/q+1. The van der Waals surface area contributed by atoms with Gasteiger partial charge in [0.2, 0.25) is 12.5 Å². The average molecular weight is 392 g/mol. The molecule has 5 heteroatoms. The van der Waals surface area contributed by atoms with Crippen LogP contribution >= 0.6 is 0 Å². The van der Waals surface area contributed by atoms with E-state index in [0.717, 1.165) is 60.6 Å². The Morgan fingerprint density at radius 1 is 1.03 bits per heavy atom. The van der Waals surface area contributed by atoms with Crippen LogP contribution in [-0.2, 0) is 19.4 Å². The number of aryl methyl sites for hydroxylation is 2. The molecule has 2 aliphatic rings. The molecule has 0 atom stereocenters. The number of rotatable bonds is 5. The van der Waals surface area contributed by atoms with Crippen molar-refractivity contribution >= 4 is 10.8 Å². The van der Waals surface area contributed by atoms with E-state index in [0.29, 0.717) is 6.79 Å². The fraction of sp³-hybridized carbons (Fsp3) is 0.375. The second-order valence-corrected chi connectivity index (χ2v) is 7.61. The van der Waals surface area contributed by atoms with E-state index >= 15 is 0 Å². The Kier molecular flexibility index (Phi) is 4.46. The minimum Gasteiger partial charge on any atom is -0.493 e. The molecule has 5 rings (SSSR count). The van der Waals surface area contributed by atoms with Crippen molar-refractivity contribution in [1.82, 2.24) is 0 Å². The summed E-state index contributed by atoms with van der Waals surface area (Å²) in [6.45, 7) is 3.47. The van der Waals surface area contributed by atoms with Crippen LogP contribution in [0, 0.1) is 0 Å². The smallest absolute Gasteiger partial charge is 0.231 e. The quantitative estimate of drug-likeness (QED) is 0.602. The molecule has 150 valence electrons. The number of ether oxygens (including phenoxy) is 4. The zero-order valence-electron chi connectivity index (χ0n) is 17.2. The summed E-state index contributed by atoms with van der Waals surface area (Å²) in [6.07, 6.45) is 4.25. The monoisotopic (exact) mass is 392 g/mol. The lowest BCUT2D eigenvalue weighted by Gasteiger charge is -2.20.